The highest BCUT2D eigenvalue weighted by atomic mass is 79.9. The molecule has 3 N–H and O–H groups in total. The van der Waals surface area contributed by atoms with Gasteiger partial charge < -0.3 is 19.9 Å². The molecule has 0 aliphatic carbocycles. The van der Waals surface area contributed by atoms with E-state index in [-0.39, 0.29) is 22.4 Å². The van der Waals surface area contributed by atoms with Gasteiger partial charge in [-0.05, 0) is 67.8 Å². The largest absolute Gasteiger partial charge is 0.541 e. The maximum Gasteiger partial charge on any atom is 0.250 e. The van der Waals surface area contributed by atoms with E-state index in [2.05, 4.69) is 89.0 Å². The van der Waals surface area contributed by atoms with Gasteiger partial charge in [0.15, 0.2) is 0 Å². The van der Waals surface area contributed by atoms with Crippen molar-refractivity contribution in [3.05, 3.63) is 23.8 Å². The number of carbonyl (C=O) groups excluding carboxylic acids is 2. The normalized spacial score (nSPS) is 14.4. The lowest BCUT2D eigenvalue weighted by Crippen LogP contribution is -2.50. The molecule has 0 fully saturated rings. The predicted octanol–water partition coefficient (Wildman–Crippen LogP) is 6.14. The number of nitrogens with one attached hydrogen (secondary N) is 1. The fourth-order valence-corrected chi connectivity index (χ4v) is 4.64. The molecule has 1 aromatic carbocycles. The number of halogens is 1. The molecule has 34 heavy (non-hydrogen) atoms. The molecule has 0 aliphatic rings. The van der Waals surface area contributed by atoms with E-state index in [1.165, 1.54) is 0 Å². The van der Waals surface area contributed by atoms with Crippen molar-refractivity contribution in [1.29, 1.82) is 0 Å². The number of amides is 2. The second-order valence-electron chi connectivity index (χ2n) is 12.6. The molecule has 0 saturated heterocycles. The summed E-state index contributed by atoms with van der Waals surface area (Å²) in [4.78, 5) is 24.6. The second kappa shape index (κ2) is 10.3. The minimum absolute atomic E-state index is 0.00242. The van der Waals surface area contributed by atoms with Crippen molar-refractivity contribution in [3.63, 3.8) is 0 Å². The summed E-state index contributed by atoms with van der Waals surface area (Å²) < 4.78 is 12.5. The van der Waals surface area contributed by atoms with Gasteiger partial charge in [-0.3, -0.25) is 9.59 Å². The van der Waals surface area contributed by atoms with E-state index < -0.39 is 32.9 Å². The average Bonchev–Trinajstić information content (AvgIpc) is 2.59. The molecule has 0 saturated carbocycles. The molecule has 9 heteroatoms. The van der Waals surface area contributed by atoms with Crippen LogP contribution in [0.15, 0.2) is 18.2 Å². The number of hydrogen-bond donors (Lipinski definition) is 2. The molecule has 194 valence electrons. The zero-order chi connectivity index (χ0) is 26.9. The van der Waals surface area contributed by atoms with Crippen molar-refractivity contribution in [2.24, 2.45) is 5.73 Å². The summed E-state index contributed by atoms with van der Waals surface area (Å²) in [6, 6.07) is 4.94. The second-order valence-corrected chi connectivity index (χ2v) is 24.0. The quantitative estimate of drug-likeness (QED) is 0.274. The average molecular weight is 574 g/mol. The zero-order valence-corrected chi connectivity index (χ0v) is 26.7. The van der Waals surface area contributed by atoms with Crippen LogP contribution in [0.3, 0.4) is 0 Å². The summed E-state index contributed by atoms with van der Waals surface area (Å²) >= 11 is 3.33. The third kappa shape index (κ3) is 8.12. The molecule has 1 rings (SSSR count). The first kappa shape index (κ1) is 30.7. The van der Waals surface area contributed by atoms with Gasteiger partial charge in [0.1, 0.15) is 17.5 Å². The minimum Gasteiger partial charge on any atom is -0.541 e. The molecule has 2 amide bonds. The molecule has 1 aromatic rings. The Bertz CT molecular complexity index is 898. The van der Waals surface area contributed by atoms with Crippen LogP contribution in [0.4, 0.5) is 0 Å². The van der Waals surface area contributed by atoms with E-state index in [9.17, 15) is 9.59 Å². The van der Waals surface area contributed by atoms with Crippen LogP contribution in [0.5, 0.6) is 11.5 Å². The first-order valence-corrected chi connectivity index (χ1v) is 18.4. The van der Waals surface area contributed by atoms with Gasteiger partial charge in [0.25, 0.3) is 16.6 Å². The molecular formula is C25H45BrN2O4Si2. The van der Waals surface area contributed by atoms with Crippen LogP contribution in [0.2, 0.25) is 36.3 Å². The minimum atomic E-state index is -2.17. The molecular weight excluding hydrogens is 528 g/mol. The molecule has 6 nitrogen and oxygen atoms in total. The van der Waals surface area contributed by atoms with Crippen LogP contribution in [0, 0.1) is 0 Å². The van der Waals surface area contributed by atoms with Crippen molar-refractivity contribution in [2.45, 2.75) is 108 Å². The summed E-state index contributed by atoms with van der Waals surface area (Å²) in [5.41, 5.74) is 6.46. The van der Waals surface area contributed by atoms with E-state index in [0.717, 1.165) is 11.3 Å². The number of alkyl halides is 1. The third-order valence-electron chi connectivity index (χ3n) is 6.98. The monoisotopic (exact) mass is 572 g/mol. The fraction of sp³-hybridized carbons (Fsp3) is 0.680. The Morgan fingerprint density at radius 2 is 1.35 bits per heavy atom. The van der Waals surface area contributed by atoms with Crippen molar-refractivity contribution in [2.75, 3.05) is 0 Å². The van der Waals surface area contributed by atoms with Crippen molar-refractivity contribution in [1.82, 2.24) is 5.32 Å². The first-order valence-electron chi connectivity index (χ1n) is 11.8. The summed E-state index contributed by atoms with van der Waals surface area (Å²) in [7, 11) is -4.28. The summed E-state index contributed by atoms with van der Waals surface area (Å²) in [5.74, 6) is 0.524. The van der Waals surface area contributed by atoms with Gasteiger partial charge in [0, 0.05) is 6.42 Å². The van der Waals surface area contributed by atoms with Crippen LogP contribution < -0.4 is 19.9 Å². The lowest BCUT2D eigenvalue weighted by molar-refractivity contribution is -0.128. The maximum atomic E-state index is 12.4. The van der Waals surface area contributed by atoms with Crippen LogP contribution >= 0.6 is 15.9 Å². The summed E-state index contributed by atoms with van der Waals surface area (Å²) in [5, 5.41) is 2.79. The van der Waals surface area contributed by atoms with Gasteiger partial charge in [-0.2, -0.15) is 0 Å². The number of primary amides is 1. The van der Waals surface area contributed by atoms with Crippen molar-refractivity contribution in [3.8, 4) is 11.5 Å². The van der Waals surface area contributed by atoms with Crippen molar-refractivity contribution < 1.29 is 18.4 Å². The van der Waals surface area contributed by atoms with Gasteiger partial charge in [0.05, 0.1) is 4.32 Å². The highest BCUT2D eigenvalue weighted by Crippen LogP contribution is 2.43. The predicted molar refractivity (Wildman–Crippen MR) is 150 cm³/mol. The SMILES string of the molecule is CC(C)(Br)C(=O)NC(Cc1ccc(O[Si](C)(C)C(C)(C)C)c(O[Si](C)(C)C(C)(C)C)c1)C(N)=O. The maximum absolute atomic E-state index is 12.4. The van der Waals surface area contributed by atoms with Crippen LogP contribution in [-0.4, -0.2) is 38.8 Å². The standard InChI is InChI=1S/C25H45BrN2O4Si2/c1-23(2,3)33(9,10)31-19-14-13-17(16-20(19)32-34(11,12)24(4,5)6)15-18(21(27)29)28-22(30)25(7,8)26/h13-14,16,18H,15H2,1-12H3,(H2,27,29)(H,28,30). The molecule has 0 aliphatic heterocycles. The van der Waals surface area contributed by atoms with Gasteiger partial charge >= 0.3 is 0 Å². The summed E-state index contributed by atoms with van der Waals surface area (Å²) in [6.07, 6.45) is 0.262. The zero-order valence-electron chi connectivity index (χ0n) is 23.1. The van der Waals surface area contributed by atoms with E-state index in [4.69, 9.17) is 14.6 Å². The first-order chi connectivity index (χ1) is 15.0. The van der Waals surface area contributed by atoms with Gasteiger partial charge in [-0.15, -0.1) is 0 Å². The Morgan fingerprint density at radius 1 is 0.912 bits per heavy atom. The Labute approximate surface area is 217 Å². The molecule has 0 bridgehead atoms. The Morgan fingerprint density at radius 3 is 1.74 bits per heavy atom. The number of hydrogen-bond acceptors (Lipinski definition) is 4. The molecule has 0 heterocycles. The smallest absolute Gasteiger partial charge is 0.250 e. The van der Waals surface area contributed by atoms with Crippen molar-refractivity contribution >= 4 is 44.4 Å². The number of rotatable bonds is 9. The molecule has 1 atom stereocenters. The van der Waals surface area contributed by atoms with E-state index >= 15 is 0 Å². The van der Waals surface area contributed by atoms with Gasteiger partial charge in [-0.25, -0.2) is 0 Å². The molecule has 0 radical (unpaired) electrons. The Hall–Kier alpha value is -1.33. The third-order valence-corrected chi connectivity index (χ3v) is 16.0. The van der Waals surface area contributed by atoms with E-state index in [0.29, 0.717) is 5.75 Å². The van der Waals surface area contributed by atoms with Crippen LogP contribution in [0.25, 0.3) is 0 Å². The Kier molecular flexibility index (Phi) is 9.34. The highest BCUT2D eigenvalue weighted by Gasteiger charge is 2.42. The highest BCUT2D eigenvalue weighted by molar-refractivity contribution is 9.10. The lowest BCUT2D eigenvalue weighted by Gasteiger charge is -2.39. The van der Waals surface area contributed by atoms with Gasteiger partial charge in [0.2, 0.25) is 11.8 Å². The number of carbonyl (C=O) groups is 2. The van der Waals surface area contributed by atoms with E-state index in [1.54, 1.807) is 13.8 Å². The Balaban J connectivity index is 3.43. The van der Waals surface area contributed by atoms with Gasteiger partial charge in [-0.1, -0.05) is 63.5 Å². The number of benzene rings is 1. The lowest BCUT2D eigenvalue weighted by atomic mass is 10.0. The molecule has 0 spiro atoms. The van der Waals surface area contributed by atoms with Crippen LogP contribution in [-0.2, 0) is 16.0 Å². The van der Waals surface area contributed by atoms with E-state index in [1.807, 2.05) is 18.2 Å². The molecule has 1 unspecified atom stereocenters. The molecule has 0 aromatic heterocycles. The fourth-order valence-electron chi connectivity index (χ4n) is 2.49. The summed E-state index contributed by atoms with van der Waals surface area (Å²) in [6.45, 7) is 25.4. The number of nitrogens with two attached hydrogens (primary N) is 1. The topological polar surface area (TPSA) is 90.7 Å². The van der Waals surface area contributed by atoms with Crippen LogP contribution in [0.1, 0.15) is 61.0 Å².